The van der Waals surface area contributed by atoms with Crippen molar-refractivity contribution in [3.8, 4) is 0 Å². The molecule has 1 unspecified atom stereocenters. The van der Waals surface area contributed by atoms with Crippen molar-refractivity contribution in [1.82, 2.24) is 14.8 Å². The van der Waals surface area contributed by atoms with Gasteiger partial charge in [-0.15, -0.1) is 0 Å². The summed E-state index contributed by atoms with van der Waals surface area (Å²) < 4.78 is 13.1. The monoisotopic (exact) mass is 461 g/mol. The average molecular weight is 462 g/mol. The number of amides is 1. The Morgan fingerprint density at radius 1 is 1.00 bits per heavy atom. The van der Waals surface area contributed by atoms with Gasteiger partial charge in [-0.25, -0.2) is 4.39 Å². The number of aryl methyl sites for hydroxylation is 1. The molecule has 0 radical (unpaired) electrons. The Morgan fingerprint density at radius 3 is 2.53 bits per heavy atom. The highest BCUT2D eigenvalue weighted by molar-refractivity contribution is 5.98. The van der Waals surface area contributed by atoms with Crippen molar-refractivity contribution in [2.45, 2.75) is 45.1 Å². The number of hydrogen-bond donors (Lipinski definition) is 1. The summed E-state index contributed by atoms with van der Waals surface area (Å²) in [7, 11) is 0. The van der Waals surface area contributed by atoms with Gasteiger partial charge in [-0.2, -0.15) is 0 Å². The van der Waals surface area contributed by atoms with E-state index in [0.29, 0.717) is 11.3 Å². The van der Waals surface area contributed by atoms with E-state index in [1.165, 1.54) is 17.7 Å². The standard InChI is InChI=1S/C28H32FN3O2/c1-19-4-5-22-18-26(30-25(22)17-19)28(34)32-13-2-3-24(32)12-16-31-14-10-21(11-15-31)27(33)20-6-8-23(29)9-7-20/h4-9,17-18,21,24,30H,2-3,10-16H2,1H3. The number of benzene rings is 2. The van der Waals surface area contributed by atoms with Crippen molar-refractivity contribution < 1.29 is 14.0 Å². The van der Waals surface area contributed by atoms with Crippen molar-refractivity contribution in [2.75, 3.05) is 26.2 Å². The number of fused-ring (bicyclic) bond motifs is 1. The van der Waals surface area contributed by atoms with Crippen LogP contribution >= 0.6 is 0 Å². The van der Waals surface area contributed by atoms with Crippen LogP contribution in [0.15, 0.2) is 48.5 Å². The number of piperidine rings is 1. The van der Waals surface area contributed by atoms with Crippen molar-refractivity contribution >= 4 is 22.6 Å². The van der Waals surface area contributed by atoms with Crippen molar-refractivity contribution in [2.24, 2.45) is 5.92 Å². The fourth-order valence-electron chi connectivity index (χ4n) is 5.51. The first kappa shape index (κ1) is 22.8. The van der Waals surface area contributed by atoms with Gasteiger partial charge >= 0.3 is 0 Å². The molecule has 6 heteroatoms. The third kappa shape index (κ3) is 4.78. The summed E-state index contributed by atoms with van der Waals surface area (Å²) in [6.07, 6.45) is 4.71. The fourth-order valence-corrected chi connectivity index (χ4v) is 5.51. The van der Waals surface area contributed by atoms with Gasteiger partial charge < -0.3 is 14.8 Å². The molecular formula is C28H32FN3O2. The minimum atomic E-state index is -0.314. The molecule has 34 heavy (non-hydrogen) atoms. The minimum absolute atomic E-state index is 0.0110. The zero-order valence-electron chi connectivity index (χ0n) is 19.7. The maximum absolute atomic E-state index is 13.3. The first-order valence-corrected chi connectivity index (χ1v) is 12.4. The van der Waals surface area contributed by atoms with E-state index in [1.807, 2.05) is 11.0 Å². The summed E-state index contributed by atoms with van der Waals surface area (Å²) in [6.45, 7) is 5.59. The Morgan fingerprint density at radius 2 is 1.76 bits per heavy atom. The number of carbonyl (C=O) groups is 2. The third-order valence-corrected chi connectivity index (χ3v) is 7.51. The Labute approximate surface area is 199 Å². The number of nitrogens with zero attached hydrogens (tertiary/aromatic N) is 2. The Hall–Kier alpha value is -2.99. The van der Waals surface area contributed by atoms with Crippen LogP contribution in [0, 0.1) is 18.7 Å². The number of Topliss-reactive ketones (excluding diaryl/α,β-unsaturated/α-hetero) is 1. The zero-order valence-corrected chi connectivity index (χ0v) is 19.7. The molecule has 5 nitrogen and oxygen atoms in total. The van der Waals surface area contributed by atoms with Gasteiger partial charge in [0.05, 0.1) is 0 Å². The first-order valence-electron chi connectivity index (χ1n) is 12.4. The normalized spacial score (nSPS) is 19.7. The van der Waals surface area contributed by atoms with Gasteiger partial charge in [0.2, 0.25) is 0 Å². The van der Waals surface area contributed by atoms with Crippen LogP contribution in [0.5, 0.6) is 0 Å². The highest BCUT2D eigenvalue weighted by Crippen LogP contribution is 2.27. The topological polar surface area (TPSA) is 56.4 Å². The number of likely N-dealkylation sites (tertiary alicyclic amines) is 2. The SMILES string of the molecule is Cc1ccc2cc(C(=O)N3CCCC3CCN3CCC(C(=O)c4ccc(F)cc4)CC3)[nH]c2c1. The molecule has 2 aliphatic rings. The van der Waals surface area contributed by atoms with Crippen LogP contribution in [0.1, 0.15) is 58.5 Å². The van der Waals surface area contributed by atoms with Crippen LogP contribution in [0.4, 0.5) is 4.39 Å². The zero-order chi connectivity index (χ0) is 23.7. The molecule has 0 spiro atoms. The molecule has 2 fully saturated rings. The number of rotatable bonds is 6. The quantitative estimate of drug-likeness (QED) is 0.513. The van der Waals surface area contributed by atoms with Crippen LogP contribution in [0.25, 0.3) is 10.9 Å². The summed E-state index contributed by atoms with van der Waals surface area (Å²) in [5, 5.41) is 1.07. The average Bonchev–Trinajstić information content (AvgIpc) is 3.49. The number of nitrogens with one attached hydrogen (secondary N) is 1. The highest BCUT2D eigenvalue weighted by atomic mass is 19.1. The molecule has 1 atom stereocenters. The first-order chi connectivity index (χ1) is 16.5. The molecular weight excluding hydrogens is 429 g/mol. The van der Waals surface area contributed by atoms with E-state index in [4.69, 9.17) is 0 Å². The number of ketones is 1. The molecule has 3 heterocycles. The Balaban J connectivity index is 1.14. The number of H-pyrrole nitrogens is 1. The highest BCUT2D eigenvalue weighted by Gasteiger charge is 2.31. The van der Waals surface area contributed by atoms with Crippen LogP contribution in [-0.4, -0.2) is 58.7 Å². The van der Waals surface area contributed by atoms with Gasteiger partial charge in [-0.1, -0.05) is 12.1 Å². The molecule has 2 aromatic carbocycles. The minimum Gasteiger partial charge on any atom is -0.351 e. The van der Waals surface area contributed by atoms with E-state index in [2.05, 4.69) is 35.0 Å². The fraction of sp³-hybridized carbons (Fsp3) is 0.429. The summed E-state index contributed by atoms with van der Waals surface area (Å²) >= 11 is 0. The van der Waals surface area contributed by atoms with Gasteiger partial charge in [0.1, 0.15) is 11.5 Å². The van der Waals surface area contributed by atoms with E-state index in [9.17, 15) is 14.0 Å². The van der Waals surface area contributed by atoms with Gasteiger partial charge in [-0.05, 0) is 94.1 Å². The van der Waals surface area contributed by atoms with Crippen molar-refractivity contribution in [3.05, 3.63) is 71.2 Å². The van der Waals surface area contributed by atoms with Gasteiger partial charge in [0.25, 0.3) is 5.91 Å². The lowest BCUT2D eigenvalue weighted by atomic mass is 9.88. The van der Waals surface area contributed by atoms with E-state index >= 15 is 0 Å². The Bertz CT molecular complexity index is 1180. The maximum Gasteiger partial charge on any atom is 0.270 e. The number of carbonyl (C=O) groups excluding carboxylic acids is 2. The second-order valence-corrected chi connectivity index (χ2v) is 9.84. The largest absolute Gasteiger partial charge is 0.351 e. The van der Waals surface area contributed by atoms with E-state index in [1.54, 1.807) is 12.1 Å². The molecule has 178 valence electrons. The number of hydrogen-bond acceptors (Lipinski definition) is 3. The number of aromatic nitrogens is 1. The molecule has 1 N–H and O–H groups in total. The predicted octanol–water partition coefficient (Wildman–Crippen LogP) is 5.21. The predicted molar refractivity (Wildman–Crippen MR) is 132 cm³/mol. The second kappa shape index (κ2) is 9.71. The van der Waals surface area contributed by atoms with Gasteiger partial charge in [0, 0.05) is 41.5 Å². The van der Waals surface area contributed by atoms with Gasteiger partial charge in [0.15, 0.2) is 5.78 Å². The molecule has 2 aliphatic heterocycles. The van der Waals surface area contributed by atoms with Crippen LogP contribution in [-0.2, 0) is 0 Å². The summed E-state index contributed by atoms with van der Waals surface area (Å²) in [6, 6.07) is 14.3. The van der Waals surface area contributed by atoms with Crippen molar-refractivity contribution in [3.63, 3.8) is 0 Å². The molecule has 1 aromatic heterocycles. The van der Waals surface area contributed by atoms with E-state index < -0.39 is 0 Å². The lowest BCUT2D eigenvalue weighted by molar-refractivity contribution is 0.0700. The van der Waals surface area contributed by atoms with Gasteiger partial charge in [-0.3, -0.25) is 9.59 Å². The smallest absolute Gasteiger partial charge is 0.270 e. The maximum atomic E-state index is 13.3. The second-order valence-electron chi connectivity index (χ2n) is 9.84. The Kier molecular flexibility index (Phi) is 6.50. The van der Waals surface area contributed by atoms with Crippen molar-refractivity contribution in [1.29, 1.82) is 0 Å². The molecule has 0 bridgehead atoms. The molecule has 5 rings (SSSR count). The van der Waals surface area contributed by atoms with Crippen LogP contribution in [0.3, 0.4) is 0 Å². The molecule has 0 aliphatic carbocycles. The lowest BCUT2D eigenvalue weighted by Gasteiger charge is -2.33. The summed E-state index contributed by atoms with van der Waals surface area (Å²) in [4.78, 5) is 33.8. The van der Waals surface area contributed by atoms with E-state index in [0.717, 1.165) is 69.2 Å². The lowest BCUT2D eigenvalue weighted by Crippen LogP contribution is -2.41. The van der Waals surface area contributed by atoms with Crippen LogP contribution < -0.4 is 0 Å². The molecule has 2 saturated heterocycles. The third-order valence-electron chi connectivity index (χ3n) is 7.51. The molecule has 3 aromatic rings. The number of halogens is 1. The van der Waals surface area contributed by atoms with Crippen LogP contribution in [0.2, 0.25) is 0 Å². The number of aromatic amines is 1. The summed E-state index contributed by atoms with van der Waals surface area (Å²) in [5.74, 6) is -0.0805. The molecule has 0 saturated carbocycles. The molecule has 1 amide bonds. The van der Waals surface area contributed by atoms with E-state index in [-0.39, 0.29) is 29.5 Å². The summed E-state index contributed by atoms with van der Waals surface area (Å²) in [5.41, 5.74) is 3.47.